The highest BCUT2D eigenvalue weighted by Gasteiger charge is 2.35. The average Bonchev–Trinajstić information content (AvgIpc) is 2.83. The Hall–Kier alpha value is -2.80. The summed E-state index contributed by atoms with van der Waals surface area (Å²) < 4.78 is 1.97. The largest absolute Gasteiger partial charge is 0.327 e. The minimum absolute atomic E-state index is 0.215. The summed E-state index contributed by atoms with van der Waals surface area (Å²) in [7, 11) is 0. The van der Waals surface area contributed by atoms with E-state index in [1.165, 1.54) is 10.9 Å². The van der Waals surface area contributed by atoms with E-state index in [0.29, 0.717) is 11.4 Å². The van der Waals surface area contributed by atoms with Gasteiger partial charge in [0.1, 0.15) is 5.82 Å². The second-order valence-electron chi connectivity index (χ2n) is 5.66. The zero-order valence-corrected chi connectivity index (χ0v) is 11.6. The van der Waals surface area contributed by atoms with Crippen LogP contribution in [0.2, 0.25) is 0 Å². The monoisotopic (exact) mass is 295 g/mol. The lowest BCUT2D eigenvalue weighted by Crippen LogP contribution is -2.42. The van der Waals surface area contributed by atoms with Crippen molar-refractivity contribution in [2.45, 2.75) is 12.5 Å². The fraction of sp³-hybridized carbons (Fsp3) is 0.200. The summed E-state index contributed by atoms with van der Waals surface area (Å²) in [6.45, 7) is 0.795. The first-order chi connectivity index (χ1) is 10.7. The van der Waals surface area contributed by atoms with Crippen LogP contribution in [0.1, 0.15) is 22.9 Å². The van der Waals surface area contributed by atoms with E-state index in [1.807, 2.05) is 22.9 Å². The molecular formula is C15H13N5O2. The van der Waals surface area contributed by atoms with E-state index in [0.717, 1.165) is 24.2 Å². The second-order valence-corrected chi connectivity index (χ2v) is 5.66. The molecule has 4 heterocycles. The number of H-pyrrole nitrogens is 2. The topological polar surface area (TPSA) is 94.7 Å². The van der Waals surface area contributed by atoms with Crippen LogP contribution in [0.5, 0.6) is 0 Å². The van der Waals surface area contributed by atoms with Crippen LogP contribution in [-0.4, -0.2) is 21.2 Å². The summed E-state index contributed by atoms with van der Waals surface area (Å²) in [5, 5.41) is 4.58. The van der Waals surface area contributed by atoms with Gasteiger partial charge in [0.15, 0.2) is 0 Å². The van der Waals surface area contributed by atoms with Crippen LogP contribution in [0.4, 0.5) is 5.82 Å². The minimum atomic E-state index is -0.507. The molecule has 0 radical (unpaired) electrons. The number of hydrogen-bond acceptors (Lipinski definition) is 4. The Kier molecular flexibility index (Phi) is 2.09. The molecule has 0 saturated carbocycles. The second kappa shape index (κ2) is 3.89. The number of aromatic amines is 2. The third-order valence-corrected chi connectivity index (χ3v) is 4.51. The molecule has 3 aromatic rings. The number of rotatable bonds is 0. The minimum Gasteiger partial charge on any atom is -0.304 e. The number of benzene rings is 1. The summed E-state index contributed by atoms with van der Waals surface area (Å²) in [6.07, 6.45) is 0.914. The molecule has 2 aliphatic rings. The molecule has 4 N–H and O–H groups in total. The van der Waals surface area contributed by atoms with Crippen molar-refractivity contribution in [3.8, 4) is 0 Å². The van der Waals surface area contributed by atoms with E-state index in [-0.39, 0.29) is 11.6 Å². The molecule has 0 fully saturated rings. The molecule has 1 unspecified atom stereocenters. The van der Waals surface area contributed by atoms with Crippen LogP contribution < -0.4 is 22.0 Å². The molecular weight excluding hydrogens is 282 g/mol. The molecule has 1 aromatic carbocycles. The quantitative estimate of drug-likeness (QED) is 0.484. The molecule has 1 atom stereocenters. The number of fused-ring (bicyclic) bond motifs is 5. The fourth-order valence-electron chi connectivity index (χ4n) is 3.66. The van der Waals surface area contributed by atoms with E-state index >= 15 is 0 Å². The predicted molar refractivity (Wildman–Crippen MR) is 82.2 cm³/mol. The van der Waals surface area contributed by atoms with Gasteiger partial charge in [-0.05, 0) is 18.1 Å². The van der Waals surface area contributed by atoms with Gasteiger partial charge in [-0.3, -0.25) is 24.9 Å². The van der Waals surface area contributed by atoms with Gasteiger partial charge < -0.3 is 5.32 Å². The standard InChI is InChI=1S/C15H13N5O2/c21-14-10-11-12-8(5-6-16-11)7-3-1-2-4-9(7)20(12)19-13(10)17-15(22)18-14/h1-4,11,16H,5-6H2,(H3,17,18,19,21,22). The van der Waals surface area contributed by atoms with Crippen LogP contribution in [-0.2, 0) is 6.42 Å². The van der Waals surface area contributed by atoms with E-state index in [1.54, 1.807) is 0 Å². The molecule has 7 nitrogen and oxygen atoms in total. The van der Waals surface area contributed by atoms with Crippen LogP contribution >= 0.6 is 0 Å². The molecule has 7 heteroatoms. The Balaban J connectivity index is 1.92. The van der Waals surface area contributed by atoms with Crippen molar-refractivity contribution in [2.24, 2.45) is 0 Å². The summed E-state index contributed by atoms with van der Waals surface area (Å²) in [4.78, 5) is 28.8. The van der Waals surface area contributed by atoms with E-state index in [4.69, 9.17) is 0 Å². The third kappa shape index (κ3) is 1.33. The SMILES string of the molecule is O=c1[nH]c2c(c(=O)[nH]1)C1NCCc3c1n(c1ccccc31)N2. The summed E-state index contributed by atoms with van der Waals surface area (Å²) in [6, 6.07) is 7.92. The Labute approximate surface area is 124 Å². The lowest BCUT2D eigenvalue weighted by Gasteiger charge is -2.32. The number of aromatic nitrogens is 3. The molecule has 0 aliphatic carbocycles. The Bertz CT molecular complexity index is 1040. The maximum absolute atomic E-state index is 12.2. The normalized spacial score (nSPS) is 18.6. The molecule has 22 heavy (non-hydrogen) atoms. The number of nitrogens with one attached hydrogen (secondary N) is 4. The first-order valence-corrected chi connectivity index (χ1v) is 7.23. The Morgan fingerprint density at radius 1 is 1.14 bits per heavy atom. The van der Waals surface area contributed by atoms with Crippen LogP contribution in [0.25, 0.3) is 10.9 Å². The zero-order chi connectivity index (χ0) is 14.8. The lowest BCUT2D eigenvalue weighted by molar-refractivity contribution is 0.526. The van der Waals surface area contributed by atoms with Gasteiger partial charge in [0, 0.05) is 11.9 Å². The van der Waals surface area contributed by atoms with Gasteiger partial charge in [0.2, 0.25) is 0 Å². The van der Waals surface area contributed by atoms with Crippen molar-refractivity contribution in [3.63, 3.8) is 0 Å². The number of para-hydroxylation sites is 1. The first kappa shape index (κ1) is 11.8. The van der Waals surface area contributed by atoms with Crippen LogP contribution in [0, 0.1) is 0 Å². The smallest absolute Gasteiger partial charge is 0.304 e. The molecule has 110 valence electrons. The maximum atomic E-state index is 12.2. The van der Waals surface area contributed by atoms with E-state index in [9.17, 15) is 9.59 Å². The third-order valence-electron chi connectivity index (χ3n) is 4.51. The molecule has 0 spiro atoms. The average molecular weight is 295 g/mol. The van der Waals surface area contributed by atoms with Gasteiger partial charge in [0.05, 0.1) is 22.8 Å². The van der Waals surface area contributed by atoms with Gasteiger partial charge in [-0.25, -0.2) is 4.79 Å². The van der Waals surface area contributed by atoms with Gasteiger partial charge in [-0.1, -0.05) is 18.2 Å². The summed E-state index contributed by atoms with van der Waals surface area (Å²) in [5.74, 6) is 0.452. The zero-order valence-electron chi connectivity index (χ0n) is 11.6. The van der Waals surface area contributed by atoms with E-state index < -0.39 is 5.69 Å². The van der Waals surface area contributed by atoms with Crippen molar-refractivity contribution in [2.75, 3.05) is 12.0 Å². The highest BCUT2D eigenvalue weighted by atomic mass is 16.2. The van der Waals surface area contributed by atoms with Crippen molar-refractivity contribution in [3.05, 3.63) is 61.9 Å². The maximum Gasteiger partial charge on any atom is 0.327 e. The first-order valence-electron chi connectivity index (χ1n) is 7.23. The summed E-state index contributed by atoms with van der Waals surface area (Å²) >= 11 is 0. The molecule has 2 aliphatic heterocycles. The van der Waals surface area contributed by atoms with Crippen molar-refractivity contribution < 1.29 is 0 Å². The molecule has 5 rings (SSSR count). The lowest BCUT2D eigenvalue weighted by atomic mass is 9.94. The Morgan fingerprint density at radius 2 is 2.00 bits per heavy atom. The molecule has 2 aromatic heterocycles. The molecule has 0 bridgehead atoms. The summed E-state index contributed by atoms with van der Waals surface area (Å²) in [5.41, 5.74) is 6.22. The highest BCUT2D eigenvalue weighted by Crippen LogP contribution is 2.39. The van der Waals surface area contributed by atoms with E-state index in [2.05, 4.69) is 26.8 Å². The van der Waals surface area contributed by atoms with Gasteiger partial charge >= 0.3 is 5.69 Å². The van der Waals surface area contributed by atoms with Crippen molar-refractivity contribution >= 4 is 16.7 Å². The Morgan fingerprint density at radius 3 is 2.91 bits per heavy atom. The van der Waals surface area contributed by atoms with Crippen molar-refractivity contribution in [1.82, 2.24) is 20.0 Å². The molecule has 0 saturated heterocycles. The number of anilines is 1. The fourth-order valence-corrected chi connectivity index (χ4v) is 3.66. The van der Waals surface area contributed by atoms with Crippen molar-refractivity contribution in [1.29, 1.82) is 0 Å². The van der Waals surface area contributed by atoms with Crippen LogP contribution in [0.3, 0.4) is 0 Å². The molecule has 0 amide bonds. The number of hydrogen-bond donors (Lipinski definition) is 4. The van der Waals surface area contributed by atoms with Gasteiger partial charge in [-0.15, -0.1) is 0 Å². The van der Waals surface area contributed by atoms with Crippen LogP contribution in [0.15, 0.2) is 33.9 Å². The highest BCUT2D eigenvalue weighted by molar-refractivity contribution is 5.87. The predicted octanol–water partition coefficient (Wildman–Crippen LogP) is 0.442. The van der Waals surface area contributed by atoms with Gasteiger partial charge in [-0.2, -0.15) is 0 Å². The van der Waals surface area contributed by atoms with Gasteiger partial charge in [0.25, 0.3) is 5.56 Å². The number of nitrogens with zero attached hydrogens (tertiary/aromatic N) is 1.